The Kier molecular flexibility index (Phi) is 4.39. The number of rotatable bonds is 6. The van der Waals surface area contributed by atoms with Crippen LogP contribution in [0, 0.1) is 0 Å². The smallest absolute Gasteiger partial charge is 0.109 e. The summed E-state index contributed by atoms with van der Waals surface area (Å²) in [5, 5.41) is 1.18. The summed E-state index contributed by atoms with van der Waals surface area (Å²) in [5.74, 6) is 1.84. The molecule has 0 bridgehead atoms. The number of hydrogen-bond acceptors (Lipinski definition) is 2. The van der Waals surface area contributed by atoms with Crippen molar-refractivity contribution in [2.75, 3.05) is 5.88 Å². The van der Waals surface area contributed by atoms with Crippen molar-refractivity contribution in [1.29, 1.82) is 0 Å². The summed E-state index contributed by atoms with van der Waals surface area (Å²) in [5.41, 5.74) is 3.23. The van der Waals surface area contributed by atoms with Crippen LogP contribution in [0.15, 0.2) is 30.5 Å². The van der Waals surface area contributed by atoms with Crippen LogP contribution in [0.1, 0.15) is 32.0 Å². The molecule has 3 aromatic rings. The van der Waals surface area contributed by atoms with Crippen molar-refractivity contribution in [3.05, 3.63) is 36.3 Å². The highest BCUT2D eigenvalue weighted by Gasteiger charge is 2.13. The molecule has 0 atom stereocenters. The van der Waals surface area contributed by atoms with Crippen LogP contribution in [0.3, 0.4) is 0 Å². The third kappa shape index (κ3) is 2.75. The van der Waals surface area contributed by atoms with E-state index in [4.69, 9.17) is 16.6 Å². The number of nitrogens with zero attached hydrogens (tertiary/aromatic N) is 3. The van der Waals surface area contributed by atoms with Gasteiger partial charge >= 0.3 is 0 Å². The van der Waals surface area contributed by atoms with Crippen molar-refractivity contribution < 1.29 is 0 Å². The number of halogens is 1. The van der Waals surface area contributed by atoms with E-state index in [-0.39, 0.29) is 0 Å². The minimum Gasteiger partial charge on any atom is -0.327 e. The van der Waals surface area contributed by atoms with E-state index < -0.39 is 0 Å². The van der Waals surface area contributed by atoms with Gasteiger partial charge in [0.25, 0.3) is 0 Å². The maximum atomic E-state index is 5.90. The van der Waals surface area contributed by atoms with E-state index >= 15 is 0 Å². The Morgan fingerprint density at radius 1 is 1.14 bits per heavy atom. The predicted octanol–water partition coefficient (Wildman–Crippen LogP) is 4.56. The van der Waals surface area contributed by atoms with Crippen LogP contribution in [-0.4, -0.2) is 20.4 Å². The lowest BCUT2D eigenvalue weighted by molar-refractivity contribution is 0.636. The summed E-state index contributed by atoms with van der Waals surface area (Å²) in [7, 11) is 0. The molecule has 0 spiro atoms. The average Bonchev–Trinajstić information content (AvgIpc) is 2.88. The molecule has 21 heavy (non-hydrogen) atoms. The molecular formula is C17H20ClN3. The molecular weight excluding hydrogens is 282 g/mol. The maximum Gasteiger partial charge on any atom is 0.109 e. The van der Waals surface area contributed by atoms with Gasteiger partial charge in [0.15, 0.2) is 0 Å². The molecule has 2 aromatic heterocycles. The highest BCUT2D eigenvalue weighted by Crippen LogP contribution is 2.25. The molecule has 4 heteroatoms. The van der Waals surface area contributed by atoms with Gasteiger partial charge in [0.1, 0.15) is 11.3 Å². The number of aromatic nitrogens is 3. The number of unbranched alkanes of at least 4 members (excludes halogenated alkanes) is 1. The molecule has 0 saturated carbocycles. The molecule has 3 nitrogen and oxygen atoms in total. The van der Waals surface area contributed by atoms with Gasteiger partial charge in [0.2, 0.25) is 0 Å². The van der Waals surface area contributed by atoms with Gasteiger partial charge in [-0.05, 0) is 18.9 Å². The van der Waals surface area contributed by atoms with E-state index in [0.717, 1.165) is 42.7 Å². The number of pyridine rings is 1. The average molecular weight is 302 g/mol. The van der Waals surface area contributed by atoms with Crippen molar-refractivity contribution in [2.45, 2.75) is 39.2 Å². The number of aryl methyl sites for hydroxylation is 2. The second-order valence-electron chi connectivity index (χ2n) is 5.33. The Labute approximate surface area is 130 Å². The van der Waals surface area contributed by atoms with Gasteiger partial charge in [0.05, 0.1) is 17.2 Å². The van der Waals surface area contributed by atoms with E-state index in [2.05, 4.69) is 34.7 Å². The summed E-state index contributed by atoms with van der Waals surface area (Å²) >= 11 is 5.90. The van der Waals surface area contributed by atoms with Gasteiger partial charge < -0.3 is 4.57 Å². The molecule has 0 radical (unpaired) electrons. The van der Waals surface area contributed by atoms with Crippen molar-refractivity contribution in [2.24, 2.45) is 0 Å². The first-order chi connectivity index (χ1) is 10.3. The third-order valence-corrected chi connectivity index (χ3v) is 4.10. The first-order valence-electron chi connectivity index (χ1n) is 7.64. The van der Waals surface area contributed by atoms with Crippen LogP contribution in [0.5, 0.6) is 0 Å². The number of fused-ring (bicyclic) bond motifs is 3. The summed E-state index contributed by atoms with van der Waals surface area (Å²) in [4.78, 5) is 9.33. The van der Waals surface area contributed by atoms with Gasteiger partial charge in [-0.15, -0.1) is 11.6 Å². The number of para-hydroxylation sites is 1. The summed E-state index contributed by atoms with van der Waals surface area (Å²) in [6, 6.07) is 8.28. The molecule has 3 rings (SSSR count). The quantitative estimate of drug-likeness (QED) is 0.625. The van der Waals surface area contributed by atoms with E-state index in [1.165, 1.54) is 17.3 Å². The van der Waals surface area contributed by atoms with Gasteiger partial charge in [0, 0.05) is 24.2 Å². The van der Waals surface area contributed by atoms with E-state index in [1.54, 1.807) is 0 Å². The lowest BCUT2D eigenvalue weighted by Crippen LogP contribution is -2.05. The first-order valence-corrected chi connectivity index (χ1v) is 8.17. The fraction of sp³-hybridized carbons (Fsp3) is 0.412. The molecule has 2 heterocycles. The zero-order valence-electron chi connectivity index (χ0n) is 12.3. The summed E-state index contributed by atoms with van der Waals surface area (Å²) in [6.45, 7) is 3.13. The molecule has 0 fully saturated rings. The SMILES string of the molecule is CCCCc1nc2cnc3ccccc3c2n1CCCCl. The van der Waals surface area contributed by atoms with Crippen molar-refractivity contribution in [3.63, 3.8) is 0 Å². The third-order valence-electron chi connectivity index (χ3n) is 3.83. The molecule has 0 saturated heterocycles. The highest BCUT2D eigenvalue weighted by atomic mass is 35.5. The largest absolute Gasteiger partial charge is 0.327 e. The van der Waals surface area contributed by atoms with Crippen molar-refractivity contribution in [3.8, 4) is 0 Å². The Hall–Kier alpha value is -1.61. The summed E-state index contributed by atoms with van der Waals surface area (Å²) < 4.78 is 2.34. The Morgan fingerprint density at radius 2 is 2.00 bits per heavy atom. The zero-order chi connectivity index (χ0) is 14.7. The minimum absolute atomic E-state index is 0.676. The normalized spacial score (nSPS) is 11.5. The highest BCUT2D eigenvalue weighted by molar-refractivity contribution is 6.17. The molecule has 0 aliphatic carbocycles. The lowest BCUT2D eigenvalue weighted by Gasteiger charge is -2.09. The van der Waals surface area contributed by atoms with Crippen LogP contribution in [0.2, 0.25) is 0 Å². The van der Waals surface area contributed by atoms with Crippen LogP contribution in [-0.2, 0) is 13.0 Å². The molecule has 0 amide bonds. The van der Waals surface area contributed by atoms with Crippen LogP contribution < -0.4 is 0 Å². The van der Waals surface area contributed by atoms with E-state index in [1.807, 2.05) is 12.3 Å². The Bertz CT molecular complexity index is 748. The molecule has 0 aliphatic rings. The van der Waals surface area contributed by atoms with Crippen LogP contribution >= 0.6 is 11.6 Å². The molecule has 0 unspecified atom stereocenters. The second kappa shape index (κ2) is 6.44. The number of alkyl halides is 1. The molecule has 1 aromatic carbocycles. The van der Waals surface area contributed by atoms with Crippen molar-refractivity contribution in [1.82, 2.24) is 14.5 Å². The first kappa shape index (κ1) is 14.3. The number of imidazole rings is 1. The van der Waals surface area contributed by atoms with Crippen LogP contribution in [0.25, 0.3) is 21.9 Å². The van der Waals surface area contributed by atoms with Gasteiger partial charge in [-0.3, -0.25) is 4.98 Å². The molecule has 0 aliphatic heterocycles. The van der Waals surface area contributed by atoms with Crippen LogP contribution in [0.4, 0.5) is 0 Å². The minimum atomic E-state index is 0.676. The van der Waals surface area contributed by atoms with Crippen molar-refractivity contribution >= 4 is 33.5 Å². The topological polar surface area (TPSA) is 30.7 Å². The van der Waals surface area contributed by atoms with E-state index in [9.17, 15) is 0 Å². The number of hydrogen-bond donors (Lipinski definition) is 0. The molecule has 0 N–H and O–H groups in total. The van der Waals surface area contributed by atoms with Gasteiger partial charge in [-0.1, -0.05) is 31.5 Å². The van der Waals surface area contributed by atoms with Gasteiger partial charge in [-0.2, -0.15) is 0 Å². The second-order valence-corrected chi connectivity index (χ2v) is 5.71. The molecule has 110 valence electrons. The lowest BCUT2D eigenvalue weighted by atomic mass is 10.2. The fourth-order valence-electron chi connectivity index (χ4n) is 2.79. The van der Waals surface area contributed by atoms with E-state index in [0.29, 0.717) is 5.88 Å². The summed E-state index contributed by atoms with van der Waals surface area (Å²) in [6.07, 6.45) is 6.21. The predicted molar refractivity (Wildman–Crippen MR) is 89.0 cm³/mol. The number of benzene rings is 1. The van der Waals surface area contributed by atoms with Gasteiger partial charge in [-0.25, -0.2) is 4.98 Å². The Morgan fingerprint density at radius 3 is 2.81 bits per heavy atom. The zero-order valence-corrected chi connectivity index (χ0v) is 13.1. The monoisotopic (exact) mass is 301 g/mol. The fourth-order valence-corrected chi connectivity index (χ4v) is 2.91. The maximum absolute atomic E-state index is 5.90. The standard InChI is InChI=1S/C17H20ClN3/c1-2-3-9-16-20-15-12-19-14-8-5-4-7-13(14)17(15)21(16)11-6-10-18/h4-5,7-8,12H,2-3,6,9-11H2,1H3. The Balaban J connectivity index is 2.20.